The Hall–Kier alpha value is 0.170. The van der Waals surface area contributed by atoms with E-state index in [1.54, 1.807) is 0 Å². The van der Waals surface area contributed by atoms with E-state index in [1.807, 2.05) is 0 Å². The molecule has 2 fully saturated rings. The largest absolute Gasteiger partial charge is 0.374 e. The molecule has 2 rings (SSSR count). The Balaban J connectivity index is 1.72. The molecule has 0 amide bonds. The minimum absolute atomic E-state index is 0.358. The predicted molar refractivity (Wildman–Crippen MR) is 76.3 cm³/mol. The maximum atomic E-state index is 6.06. The van der Waals surface area contributed by atoms with Crippen LogP contribution in [0, 0.1) is 5.92 Å². The number of halogens is 1. The molecule has 1 N–H and O–H groups in total. The van der Waals surface area contributed by atoms with Gasteiger partial charge in [0.2, 0.25) is 0 Å². The molecular formula is C14H27ClN2O. The summed E-state index contributed by atoms with van der Waals surface area (Å²) in [5.41, 5.74) is 0. The number of hydrogen-bond donors (Lipinski definition) is 1. The van der Waals surface area contributed by atoms with Gasteiger partial charge in [0.1, 0.15) is 0 Å². The van der Waals surface area contributed by atoms with E-state index in [0.29, 0.717) is 18.1 Å². The van der Waals surface area contributed by atoms with Crippen LogP contribution in [0.5, 0.6) is 0 Å². The summed E-state index contributed by atoms with van der Waals surface area (Å²) in [5.74, 6) is 1.45. The fraction of sp³-hybridized carbons (Fsp3) is 1.00. The fourth-order valence-corrected chi connectivity index (χ4v) is 3.50. The molecule has 0 bridgehead atoms. The molecule has 3 atom stereocenters. The van der Waals surface area contributed by atoms with Crippen LogP contribution in [0.3, 0.4) is 0 Å². The Morgan fingerprint density at radius 2 is 2.17 bits per heavy atom. The lowest BCUT2D eigenvalue weighted by Gasteiger charge is -2.35. The van der Waals surface area contributed by atoms with E-state index in [-0.39, 0.29) is 0 Å². The molecule has 1 saturated heterocycles. The third-order valence-electron chi connectivity index (χ3n) is 4.39. The monoisotopic (exact) mass is 274 g/mol. The first-order chi connectivity index (χ1) is 8.83. The van der Waals surface area contributed by atoms with Crippen molar-refractivity contribution in [1.29, 1.82) is 0 Å². The Bertz CT molecular complexity index is 240. The lowest BCUT2D eigenvalue weighted by Crippen LogP contribution is -2.49. The van der Waals surface area contributed by atoms with Crippen LogP contribution in [0.15, 0.2) is 0 Å². The third kappa shape index (κ3) is 4.09. The Morgan fingerprint density at radius 1 is 1.33 bits per heavy atom. The number of alkyl halides is 1. The van der Waals surface area contributed by atoms with Crippen molar-refractivity contribution in [3.05, 3.63) is 0 Å². The van der Waals surface area contributed by atoms with Gasteiger partial charge in [-0.05, 0) is 25.3 Å². The van der Waals surface area contributed by atoms with E-state index in [1.165, 1.54) is 25.7 Å². The van der Waals surface area contributed by atoms with Crippen molar-refractivity contribution in [2.45, 2.75) is 44.8 Å². The van der Waals surface area contributed by atoms with Crippen molar-refractivity contribution < 1.29 is 4.74 Å². The van der Waals surface area contributed by atoms with Crippen LogP contribution in [-0.4, -0.2) is 55.7 Å². The van der Waals surface area contributed by atoms with Crippen molar-refractivity contribution in [3.8, 4) is 0 Å². The average Bonchev–Trinajstić information content (AvgIpc) is 2.45. The van der Waals surface area contributed by atoms with Crippen molar-refractivity contribution in [3.63, 3.8) is 0 Å². The maximum Gasteiger partial charge on any atom is 0.0826 e. The lowest BCUT2D eigenvalue weighted by atomic mass is 9.85. The highest BCUT2D eigenvalue weighted by Crippen LogP contribution is 2.25. The number of ether oxygens (including phenoxy) is 1. The number of morpholine rings is 1. The Labute approximate surface area is 116 Å². The first-order valence-corrected chi connectivity index (χ1v) is 8.00. The van der Waals surface area contributed by atoms with Gasteiger partial charge in [0, 0.05) is 31.6 Å². The van der Waals surface area contributed by atoms with E-state index in [0.717, 1.165) is 38.7 Å². The van der Waals surface area contributed by atoms with Gasteiger partial charge in [-0.1, -0.05) is 19.8 Å². The number of nitrogens with zero attached hydrogens (tertiary/aromatic N) is 1. The minimum atomic E-state index is 0.358. The second-order valence-electron chi connectivity index (χ2n) is 5.60. The molecule has 4 heteroatoms. The average molecular weight is 275 g/mol. The van der Waals surface area contributed by atoms with Crippen LogP contribution in [-0.2, 0) is 4.74 Å². The quantitative estimate of drug-likeness (QED) is 0.777. The first-order valence-electron chi connectivity index (χ1n) is 7.46. The number of hydrogen-bond acceptors (Lipinski definition) is 3. The normalized spacial score (nSPS) is 34.7. The summed E-state index contributed by atoms with van der Waals surface area (Å²) in [5, 5.41) is 3.70. The van der Waals surface area contributed by atoms with Gasteiger partial charge in [0.15, 0.2) is 0 Å². The topological polar surface area (TPSA) is 24.5 Å². The SMILES string of the molecule is CCN1CCOC(CNC2CCCCC2CCl)C1. The van der Waals surface area contributed by atoms with Crippen LogP contribution in [0.4, 0.5) is 0 Å². The zero-order chi connectivity index (χ0) is 12.8. The summed E-state index contributed by atoms with van der Waals surface area (Å²) in [6, 6.07) is 0.608. The van der Waals surface area contributed by atoms with E-state index >= 15 is 0 Å². The summed E-state index contributed by atoms with van der Waals surface area (Å²) in [7, 11) is 0. The van der Waals surface area contributed by atoms with Gasteiger partial charge in [0.05, 0.1) is 12.7 Å². The smallest absolute Gasteiger partial charge is 0.0826 e. The number of likely N-dealkylation sites (N-methyl/N-ethyl adjacent to an activating group) is 1. The van der Waals surface area contributed by atoms with Crippen molar-refractivity contribution in [1.82, 2.24) is 10.2 Å². The molecule has 3 nitrogen and oxygen atoms in total. The van der Waals surface area contributed by atoms with Gasteiger partial charge in [-0.15, -0.1) is 11.6 Å². The summed E-state index contributed by atoms with van der Waals surface area (Å²) in [6.45, 7) is 7.37. The van der Waals surface area contributed by atoms with Crippen LogP contribution in [0.2, 0.25) is 0 Å². The molecular weight excluding hydrogens is 248 g/mol. The molecule has 106 valence electrons. The molecule has 0 radical (unpaired) electrons. The zero-order valence-electron chi connectivity index (χ0n) is 11.5. The molecule has 0 aromatic heterocycles. The van der Waals surface area contributed by atoms with Crippen molar-refractivity contribution >= 4 is 11.6 Å². The summed E-state index contributed by atoms with van der Waals surface area (Å²) >= 11 is 6.06. The molecule has 0 aromatic carbocycles. The summed E-state index contributed by atoms with van der Waals surface area (Å²) in [6.07, 6.45) is 5.61. The molecule has 1 aliphatic carbocycles. The highest BCUT2D eigenvalue weighted by molar-refractivity contribution is 6.18. The van der Waals surface area contributed by atoms with Crippen LogP contribution < -0.4 is 5.32 Å². The minimum Gasteiger partial charge on any atom is -0.374 e. The summed E-state index contributed by atoms with van der Waals surface area (Å²) < 4.78 is 5.83. The third-order valence-corrected chi connectivity index (χ3v) is 4.78. The van der Waals surface area contributed by atoms with Crippen LogP contribution in [0.25, 0.3) is 0 Å². The van der Waals surface area contributed by atoms with Crippen molar-refractivity contribution in [2.75, 3.05) is 38.7 Å². The van der Waals surface area contributed by atoms with Gasteiger partial charge in [0.25, 0.3) is 0 Å². The lowest BCUT2D eigenvalue weighted by molar-refractivity contribution is -0.0275. The highest BCUT2D eigenvalue weighted by atomic mass is 35.5. The van der Waals surface area contributed by atoms with Gasteiger partial charge >= 0.3 is 0 Å². The van der Waals surface area contributed by atoms with Gasteiger partial charge in [-0.25, -0.2) is 0 Å². The highest BCUT2D eigenvalue weighted by Gasteiger charge is 2.26. The Morgan fingerprint density at radius 3 is 2.94 bits per heavy atom. The van der Waals surface area contributed by atoms with Crippen molar-refractivity contribution in [2.24, 2.45) is 5.92 Å². The van der Waals surface area contributed by atoms with E-state index in [9.17, 15) is 0 Å². The van der Waals surface area contributed by atoms with E-state index in [4.69, 9.17) is 16.3 Å². The van der Waals surface area contributed by atoms with Gasteiger partial charge < -0.3 is 10.1 Å². The van der Waals surface area contributed by atoms with Crippen LogP contribution >= 0.6 is 11.6 Å². The van der Waals surface area contributed by atoms with Crippen LogP contribution in [0.1, 0.15) is 32.6 Å². The van der Waals surface area contributed by atoms with E-state index in [2.05, 4.69) is 17.1 Å². The first kappa shape index (κ1) is 14.6. The molecule has 2 aliphatic rings. The van der Waals surface area contributed by atoms with E-state index < -0.39 is 0 Å². The number of nitrogens with one attached hydrogen (secondary N) is 1. The Kier molecular flexibility index (Phi) is 6.22. The molecule has 1 aliphatic heterocycles. The summed E-state index contributed by atoms with van der Waals surface area (Å²) in [4.78, 5) is 2.47. The fourth-order valence-electron chi connectivity index (χ4n) is 3.14. The van der Waals surface area contributed by atoms with Gasteiger partial charge in [-0.2, -0.15) is 0 Å². The second kappa shape index (κ2) is 7.68. The maximum absolute atomic E-state index is 6.06. The zero-order valence-corrected chi connectivity index (χ0v) is 12.3. The molecule has 0 spiro atoms. The second-order valence-corrected chi connectivity index (χ2v) is 5.91. The molecule has 1 heterocycles. The standard InChI is InChI=1S/C14H27ClN2O/c1-2-17-7-8-18-13(11-17)10-16-14-6-4-3-5-12(14)9-15/h12-14,16H,2-11H2,1H3. The predicted octanol–water partition coefficient (Wildman–Crippen LogP) is 2.09. The molecule has 1 saturated carbocycles. The molecule has 0 aromatic rings. The molecule has 3 unspecified atom stereocenters. The van der Waals surface area contributed by atoms with Gasteiger partial charge in [-0.3, -0.25) is 4.90 Å². The number of rotatable bonds is 5. The molecule has 18 heavy (non-hydrogen) atoms.